The first-order chi connectivity index (χ1) is 22.3. The van der Waals surface area contributed by atoms with Crippen LogP contribution in [0.5, 0.6) is 0 Å². The Labute approximate surface area is 299 Å². The van der Waals surface area contributed by atoms with Crippen molar-refractivity contribution in [3.8, 4) is 0 Å². The lowest BCUT2D eigenvalue weighted by molar-refractivity contribution is -0.297. The molecule has 2 rings (SSSR count). The minimum absolute atomic E-state index is 0.113. The first-order valence-electron chi connectivity index (χ1n) is 18.8. The lowest BCUT2D eigenvalue weighted by Crippen LogP contribution is -2.59. The number of halogens is 3. The number of hydrogen-bond donors (Lipinski definition) is 0. The molecular weight excluding hydrogens is 688 g/mol. The Morgan fingerprint density at radius 1 is 0.898 bits per heavy atom. The fraction of sp³-hybridized carbons (Fsp3) is 0.944. The highest BCUT2D eigenvalue weighted by Gasteiger charge is 2.53. The molecule has 0 N–H and O–H groups in total. The van der Waals surface area contributed by atoms with Crippen molar-refractivity contribution in [1.82, 2.24) is 5.06 Å². The van der Waals surface area contributed by atoms with Crippen LogP contribution in [0.3, 0.4) is 0 Å². The van der Waals surface area contributed by atoms with E-state index in [0.29, 0.717) is 6.42 Å². The van der Waals surface area contributed by atoms with Crippen LogP contribution < -0.4 is 0 Å². The van der Waals surface area contributed by atoms with E-state index in [1.165, 1.54) is 0 Å². The maximum Gasteiger partial charge on any atom is 0.523 e. The quantitative estimate of drug-likeness (QED) is 0.0453. The molecule has 1 saturated carbocycles. The minimum Gasteiger partial charge on any atom is -0.413 e. The molecule has 13 heteroatoms. The Morgan fingerprint density at radius 2 is 1.45 bits per heavy atom. The molecule has 2 fully saturated rings. The molecule has 0 bridgehead atoms. The van der Waals surface area contributed by atoms with E-state index in [0.717, 1.165) is 63.1 Å². The second kappa shape index (κ2) is 17.2. The van der Waals surface area contributed by atoms with Gasteiger partial charge in [0.1, 0.15) is 0 Å². The molecule has 1 aliphatic heterocycles. The van der Waals surface area contributed by atoms with Gasteiger partial charge in [-0.3, -0.25) is 9.02 Å². The molecule has 0 radical (unpaired) electrons. The molecule has 49 heavy (non-hydrogen) atoms. The third-order valence-corrected chi connectivity index (χ3v) is 21.9. The van der Waals surface area contributed by atoms with Gasteiger partial charge in [0.05, 0.1) is 24.9 Å². The van der Waals surface area contributed by atoms with E-state index in [9.17, 15) is 21.6 Å². The Hall–Kier alpha value is -0.286. The van der Waals surface area contributed by atoms with Gasteiger partial charge in [-0.05, 0) is 96.1 Å². The summed E-state index contributed by atoms with van der Waals surface area (Å²) in [6.45, 7) is 27.5. The van der Waals surface area contributed by atoms with E-state index in [2.05, 4.69) is 100 Å². The summed E-state index contributed by atoms with van der Waals surface area (Å²) in [6.07, 6.45) is 10.4. The molecule has 0 spiro atoms. The molecule has 1 heterocycles. The number of nitrogens with zero attached hydrogens (tertiary/aromatic N) is 1. The van der Waals surface area contributed by atoms with Crippen molar-refractivity contribution < 1.29 is 39.5 Å². The Kier molecular flexibility index (Phi) is 15.8. The number of unbranched alkanes of at least 4 members (excludes halogenated alkanes) is 2. The Balaban J connectivity index is 2.66. The highest BCUT2D eigenvalue weighted by molar-refractivity contribution is 7.87. The van der Waals surface area contributed by atoms with E-state index in [-0.39, 0.29) is 28.3 Å². The van der Waals surface area contributed by atoms with Crippen LogP contribution in [-0.2, 0) is 28.0 Å². The molecule has 0 amide bonds. The molecule has 2 aliphatic rings. The van der Waals surface area contributed by atoms with Crippen LogP contribution in [0.1, 0.15) is 128 Å². The zero-order chi connectivity index (χ0) is 37.7. The van der Waals surface area contributed by atoms with Gasteiger partial charge in [0.15, 0.2) is 16.6 Å². The van der Waals surface area contributed by atoms with E-state index < -0.39 is 56.8 Å². The number of hydrogen-bond acceptors (Lipinski definition) is 7. The molecule has 0 aromatic heterocycles. The maximum absolute atomic E-state index is 13.5. The summed E-state index contributed by atoms with van der Waals surface area (Å²) >= 11 is 0. The van der Waals surface area contributed by atoms with Gasteiger partial charge in [-0.1, -0.05) is 79.9 Å². The largest absolute Gasteiger partial charge is 0.523 e. The summed E-state index contributed by atoms with van der Waals surface area (Å²) in [7, 11) is -10.4. The van der Waals surface area contributed by atoms with Crippen LogP contribution >= 0.6 is 0 Å². The van der Waals surface area contributed by atoms with Crippen LogP contribution in [0.25, 0.3) is 0 Å². The van der Waals surface area contributed by atoms with Gasteiger partial charge in [0.2, 0.25) is 0 Å². The second-order valence-electron chi connectivity index (χ2n) is 17.3. The van der Waals surface area contributed by atoms with Crippen molar-refractivity contribution in [3.63, 3.8) is 0 Å². The summed E-state index contributed by atoms with van der Waals surface area (Å²) < 4.78 is 83.9. The highest BCUT2D eigenvalue weighted by atomic mass is 32.2. The topological polar surface area (TPSA) is 74.3 Å². The van der Waals surface area contributed by atoms with E-state index >= 15 is 0 Å². The van der Waals surface area contributed by atoms with E-state index in [4.69, 9.17) is 17.9 Å². The van der Waals surface area contributed by atoms with Crippen molar-refractivity contribution in [2.75, 3.05) is 6.61 Å². The SMILES string of the molecule is CCCCCC(/C=C/[C@@H]1[C@H](COS(=O)(=O)C(F)(F)F)[C@@H](O[Si](CC)(CC)CC)C[C@H]1O[Si](C)(C)C(C)(C)C)ON1C(C)(C)CCCC1(C)C. The summed E-state index contributed by atoms with van der Waals surface area (Å²) in [5.41, 5.74) is -5.85. The van der Waals surface area contributed by atoms with Crippen molar-refractivity contribution >= 4 is 26.8 Å². The first-order valence-corrected chi connectivity index (χ1v) is 25.6. The second-order valence-corrected chi connectivity index (χ2v) is 28.4. The summed E-state index contributed by atoms with van der Waals surface area (Å²) in [6, 6.07) is 2.57. The lowest BCUT2D eigenvalue weighted by atomic mass is 9.82. The normalized spacial score (nSPS) is 26.4. The van der Waals surface area contributed by atoms with Crippen LogP contribution in [0.4, 0.5) is 13.2 Å². The fourth-order valence-corrected chi connectivity index (χ4v) is 12.1. The molecular formula is C36H70F3NO6SSi2. The molecule has 1 unspecified atom stereocenters. The minimum atomic E-state index is -5.79. The van der Waals surface area contributed by atoms with Gasteiger partial charge in [-0.15, -0.1) is 0 Å². The van der Waals surface area contributed by atoms with Gasteiger partial charge in [-0.2, -0.15) is 26.7 Å². The Bertz CT molecular complexity index is 1140. The standard InChI is InChI=1S/C36H70F3NO6SSi2/c1-14-18-19-21-28(44-40-34(8,9)24-20-25-35(40,10)11)22-23-29-30(27-43-47(41,42)36(37,38)39)32(46-49(15-2,16-3)17-4)26-31(29)45-48(12,13)33(5,6)7/h22-23,28-32H,14-21,24-27H2,1-13H3/b23-22+/t28?,29-,30+,31-,32+/m1/s1. The zero-order valence-electron chi connectivity index (χ0n) is 33.0. The van der Waals surface area contributed by atoms with Gasteiger partial charge >= 0.3 is 15.6 Å². The third-order valence-electron chi connectivity index (χ3n) is 11.7. The van der Waals surface area contributed by atoms with Gasteiger partial charge in [-0.25, -0.2) is 0 Å². The molecule has 1 aliphatic carbocycles. The first kappa shape index (κ1) is 44.9. The van der Waals surface area contributed by atoms with Gasteiger partial charge in [0, 0.05) is 22.9 Å². The van der Waals surface area contributed by atoms with Gasteiger partial charge in [0.25, 0.3) is 0 Å². The summed E-state index contributed by atoms with van der Waals surface area (Å²) in [5.74, 6) is -1.08. The predicted octanol–water partition coefficient (Wildman–Crippen LogP) is 10.7. The number of hydroxylamine groups is 2. The molecule has 0 aromatic carbocycles. The smallest absolute Gasteiger partial charge is 0.413 e. The average molecular weight is 758 g/mol. The van der Waals surface area contributed by atoms with Crippen LogP contribution in [-0.4, -0.2) is 71.6 Å². The summed E-state index contributed by atoms with van der Waals surface area (Å²) in [5, 5.41) is 2.05. The van der Waals surface area contributed by atoms with Crippen molar-refractivity contribution in [2.24, 2.45) is 11.8 Å². The van der Waals surface area contributed by atoms with Gasteiger partial charge < -0.3 is 8.85 Å². The zero-order valence-corrected chi connectivity index (χ0v) is 35.8. The highest BCUT2D eigenvalue weighted by Crippen LogP contribution is 2.46. The molecule has 1 saturated heterocycles. The van der Waals surface area contributed by atoms with Crippen molar-refractivity contribution in [1.29, 1.82) is 0 Å². The van der Waals surface area contributed by atoms with E-state index in [1.54, 1.807) is 0 Å². The number of rotatable bonds is 18. The number of piperidine rings is 1. The third kappa shape index (κ3) is 11.6. The lowest BCUT2D eigenvalue weighted by Gasteiger charge is -2.52. The van der Waals surface area contributed by atoms with E-state index in [1.807, 2.05) is 6.08 Å². The average Bonchev–Trinajstić information content (AvgIpc) is 3.28. The molecule has 0 aromatic rings. The maximum atomic E-state index is 13.5. The monoisotopic (exact) mass is 757 g/mol. The van der Waals surface area contributed by atoms with Crippen molar-refractivity contribution in [2.45, 2.75) is 199 Å². The Morgan fingerprint density at radius 3 is 1.92 bits per heavy atom. The van der Waals surface area contributed by atoms with Crippen molar-refractivity contribution in [3.05, 3.63) is 12.2 Å². The molecule has 5 atom stereocenters. The van der Waals surface area contributed by atoms with Crippen LogP contribution in [0.15, 0.2) is 12.2 Å². The molecule has 7 nitrogen and oxygen atoms in total. The molecule has 290 valence electrons. The predicted molar refractivity (Wildman–Crippen MR) is 199 cm³/mol. The number of alkyl halides is 3. The fourth-order valence-electron chi connectivity index (χ4n) is 7.37. The summed E-state index contributed by atoms with van der Waals surface area (Å²) in [4.78, 5) is 6.89. The van der Waals surface area contributed by atoms with Crippen LogP contribution in [0.2, 0.25) is 36.3 Å². The van der Waals surface area contributed by atoms with Crippen LogP contribution in [0, 0.1) is 11.8 Å².